The van der Waals surface area contributed by atoms with E-state index in [2.05, 4.69) is 16.1 Å². The molecule has 1 aromatic carbocycles. The van der Waals surface area contributed by atoms with Crippen LogP contribution in [0.15, 0.2) is 24.8 Å². The van der Waals surface area contributed by atoms with Crippen molar-refractivity contribution in [1.82, 2.24) is 0 Å². The van der Waals surface area contributed by atoms with Crippen molar-refractivity contribution >= 4 is 12.0 Å². The van der Waals surface area contributed by atoms with Gasteiger partial charge in [-0.15, -0.1) is 13.2 Å². The van der Waals surface area contributed by atoms with Gasteiger partial charge in [0.1, 0.15) is 5.75 Å². The van der Waals surface area contributed by atoms with Crippen LogP contribution in [0.1, 0.15) is 22.8 Å². The Balaban J connectivity index is 3.09. The number of alkyl halides is 3. The van der Waals surface area contributed by atoms with Gasteiger partial charge in [-0.25, -0.2) is 4.79 Å². The highest BCUT2D eigenvalue weighted by molar-refractivity contribution is 5.90. The molecule has 98 valence electrons. The molecule has 0 N–H and O–H groups in total. The van der Waals surface area contributed by atoms with Crippen molar-refractivity contribution in [2.24, 2.45) is 0 Å². The smallest absolute Gasteiger partial charge is 0.462 e. The molecule has 0 saturated heterocycles. The van der Waals surface area contributed by atoms with Crippen molar-refractivity contribution in [2.75, 3.05) is 6.61 Å². The van der Waals surface area contributed by atoms with Crippen LogP contribution in [0, 0.1) is 0 Å². The van der Waals surface area contributed by atoms with E-state index in [1.165, 1.54) is 18.2 Å². The molecule has 0 spiro atoms. The topological polar surface area (TPSA) is 35.5 Å². The van der Waals surface area contributed by atoms with E-state index in [1.807, 2.05) is 0 Å². The first kappa shape index (κ1) is 14.1. The predicted octanol–water partition coefficient (Wildman–Crippen LogP) is 3.40. The van der Waals surface area contributed by atoms with Crippen molar-refractivity contribution in [1.29, 1.82) is 0 Å². The Morgan fingerprint density at radius 2 is 2.11 bits per heavy atom. The standard InChI is InChI=1S/C12H11F3O3/c1-3-8-5-6-9(11(16)17-4-2)7-10(8)18-12(13,14)15/h3,5-7H,1,4H2,2H3. The molecule has 1 rings (SSSR count). The van der Waals surface area contributed by atoms with E-state index in [-0.39, 0.29) is 17.7 Å². The lowest BCUT2D eigenvalue weighted by Crippen LogP contribution is -2.18. The first-order chi connectivity index (χ1) is 8.37. The van der Waals surface area contributed by atoms with Crippen LogP contribution < -0.4 is 4.74 Å². The SMILES string of the molecule is C=Cc1ccc(C(=O)OCC)cc1OC(F)(F)F. The van der Waals surface area contributed by atoms with Gasteiger partial charge in [0.25, 0.3) is 0 Å². The van der Waals surface area contributed by atoms with Gasteiger partial charge < -0.3 is 9.47 Å². The molecule has 0 atom stereocenters. The summed E-state index contributed by atoms with van der Waals surface area (Å²) in [5.74, 6) is -1.19. The zero-order valence-corrected chi connectivity index (χ0v) is 9.58. The summed E-state index contributed by atoms with van der Waals surface area (Å²) in [5.41, 5.74) is 0.127. The molecule has 0 radical (unpaired) electrons. The third kappa shape index (κ3) is 3.80. The number of ether oxygens (including phenoxy) is 2. The van der Waals surface area contributed by atoms with Crippen LogP contribution in [0.5, 0.6) is 5.75 Å². The van der Waals surface area contributed by atoms with E-state index in [4.69, 9.17) is 0 Å². The third-order valence-corrected chi connectivity index (χ3v) is 1.97. The molecular weight excluding hydrogens is 249 g/mol. The fraction of sp³-hybridized carbons (Fsp3) is 0.250. The lowest BCUT2D eigenvalue weighted by Gasteiger charge is -2.12. The van der Waals surface area contributed by atoms with Crippen molar-refractivity contribution in [2.45, 2.75) is 13.3 Å². The second kappa shape index (κ2) is 5.57. The summed E-state index contributed by atoms with van der Waals surface area (Å²) in [6, 6.07) is 3.63. The molecule has 0 aliphatic rings. The Kier molecular flexibility index (Phi) is 4.36. The minimum absolute atomic E-state index is 0.0123. The van der Waals surface area contributed by atoms with Gasteiger partial charge in [0, 0.05) is 5.56 Å². The summed E-state index contributed by atoms with van der Waals surface area (Å²) < 4.78 is 45.0. The van der Waals surface area contributed by atoms with Crippen LogP contribution in [-0.2, 0) is 4.74 Å². The second-order valence-corrected chi connectivity index (χ2v) is 3.23. The zero-order valence-electron chi connectivity index (χ0n) is 9.58. The van der Waals surface area contributed by atoms with E-state index in [9.17, 15) is 18.0 Å². The Hall–Kier alpha value is -1.98. The maximum atomic E-state index is 12.2. The van der Waals surface area contributed by atoms with Crippen LogP contribution >= 0.6 is 0 Å². The van der Waals surface area contributed by atoms with Crippen molar-refractivity contribution in [3.63, 3.8) is 0 Å². The van der Waals surface area contributed by atoms with Crippen LogP contribution in [-0.4, -0.2) is 18.9 Å². The van der Waals surface area contributed by atoms with Crippen LogP contribution in [0.3, 0.4) is 0 Å². The Bertz CT molecular complexity index is 452. The number of carbonyl (C=O) groups excluding carboxylic acids is 1. The largest absolute Gasteiger partial charge is 0.573 e. The molecule has 0 unspecified atom stereocenters. The Morgan fingerprint density at radius 1 is 1.44 bits per heavy atom. The molecule has 0 fully saturated rings. The highest BCUT2D eigenvalue weighted by atomic mass is 19.4. The molecule has 0 aliphatic heterocycles. The number of hydrogen-bond donors (Lipinski definition) is 0. The van der Waals surface area contributed by atoms with E-state index in [1.54, 1.807) is 6.92 Å². The Morgan fingerprint density at radius 3 is 2.61 bits per heavy atom. The third-order valence-electron chi connectivity index (χ3n) is 1.97. The molecular formula is C12H11F3O3. The van der Waals surface area contributed by atoms with Gasteiger partial charge in [-0.3, -0.25) is 0 Å². The van der Waals surface area contributed by atoms with E-state index < -0.39 is 18.1 Å². The van der Waals surface area contributed by atoms with E-state index >= 15 is 0 Å². The molecule has 0 saturated carbocycles. The fourth-order valence-electron chi connectivity index (χ4n) is 1.26. The number of hydrogen-bond acceptors (Lipinski definition) is 3. The van der Waals surface area contributed by atoms with E-state index in [0.717, 1.165) is 6.07 Å². The number of halogens is 3. The zero-order chi connectivity index (χ0) is 13.8. The summed E-state index contributed by atoms with van der Waals surface area (Å²) in [6.07, 6.45) is -3.62. The number of esters is 1. The molecule has 6 heteroatoms. The lowest BCUT2D eigenvalue weighted by atomic mass is 10.1. The average molecular weight is 260 g/mol. The molecule has 0 aliphatic carbocycles. The molecule has 18 heavy (non-hydrogen) atoms. The number of carbonyl (C=O) groups is 1. The van der Waals surface area contributed by atoms with E-state index in [0.29, 0.717) is 0 Å². The van der Waals surface area contributed by atoms with Crippen molar-refractivity contribution in [3.05, 3.63) is 35.9 Å². The van der Waals surface area contributed by atoms with Crippen LogP contribution in [0.4, 0.5) is 13.2 Å². The maximum Gasteiger partial charge on any atom is 0.573 e. The molecule has 0 amide bonds. The van der Waals surface area contributed by atoms with Crippen molar-refractivity contribution < 1.29 is 27.4 Å². The molecule has 0 bridgehead atoms. The fourth-order valence-corrected chi connectivity index (χ4v) is 1.26. The first-order valence-corrected chi connectivity index (χ1v) is 5.06. The second-order valence-electron chi connectivity index (χ2n) is 3.23. The molecule has 0 aromatic heterocycles. The van der Waals surface area contributed by atoms with Gasteiger partial charge in [-0.05, 0) is 19.1 Å². The monoisotopic (exact) mass is 260 g/mol. The summed E-state index contributed by atoms with van der Waals surface area (Å²) in [4.78, 5) is 11.4. The van der Waals surface area contributed by atoms with Gasteiger partial charge in [0.15, 0.2) is 0 Å². The van der Waals surface area contributed by atoms with Crippen LogP contribution in [0.2, 0.25) is 0 Å². The quantitative estimate of drug-likeness (QED) is 0.778. The Labute approximate surface area is 102 Å². The summed E-state index contributed by atoms with van der Waals surface area (Å²) in [7, 11) is 0. The summed E-state index contributed by atoms with van der Waals surface area (Å²) in [5, 5.41) is 0. The van der Waals surface area contributed by atoms with Gasteiger partial charge in [-0.2, -0.15) is 0 Å². The molecule has 1 aromatic rings. The van der Waals surface area contributed by atoms with Gasteiger partial charge in [-0.1, -0.05) is 18.7 Å². The van der Waals surface area contributed by atoms with Crippen LogP contribution in [0.25, 0.3) is 6.08 Å². The highest BCUT2D eigenvalue weighted by Gasteiger charge is 2.32. The lowest BCUT2D eigenvalue weighted by molar-refractivity contribution is -0.274. The van der Waals surface area contributed by atoms with Gasteiger partial charge in [0.05, 0.1) is 12.2 Å². The summed E-state index contributed by atoms with van der Waals surface area (Å²) in [6.45, 7) is 5.11. The highest BCUT2D eigenvalue weighted by Crippen LogP contribution is 2.28. The first-order valence-electron chi connectivity index (χ1n) is 5.06. The molecule has 0 heterocycles. The average Bonchev–Trinajstić information content (AvgIpc) is 2.27. The number of benzene rings is 1. The number of rotatable bonds is 4. The minimum atomic E-state index is -4.83. The predicted molar refractivity (Wildman–Crippen MR) is 59.2 cm³/mol. The van der Waals surface area contributed by atoms with Gasteiger partial charge in [0.2, 0.25) is 0 Å². The normalized spacial score (nSPS) is 10.9. The summed E-state index contributed by atoms with van der Waals surface area (Å²) >= 11 is 0. The molecule has 3 nitrogen and oxygen atoms in total. The van der Waals surface area contributed by atoms with Gasteiger partial charge >= 0.3 is 12.3 Å². The van der Waals surface area contributed by atoms with Crippen molar-refractivity contribution in [3.8, 4) is 5.75 Å². The minimum Gasteiger partial charge on any atom is -0.462 e. The maximum absolute atomic E-state index is 12.2.